The van der Waals surface area contributed by atoms with Gasteiger partial charge in [-0.1, -0.05) is 5.75 Å². The van der Waals surface area contributed by atoms with Crippen LogP contribution in [0.1, 0.15) is 11.3 Å². The molecule has 56 valence electrons. The van der Waals surface area contributed by atoms with Gasteiger partial charge in [0.15, 0.2) is 0 Å². The molecule has 4 nitrogen and oxygen atoms in total. The van der Waals surface area contributed by atoms with Gasteiger partial charge in [-0.25, -0.2) is 4.98 Å². The molecule has 0 aliphatic carbocycles. The maximum atomic E-state index is 10.9. The number of pyridine rings is 1. The summed E-state index contributed by atoms with van der Waals surface area (Å²) in [5, 5.41) is 19.4. The molecule has 0 amide bonds. The Hall–Kier alpha value is -0.760. The molecule has 0 saturated heterocycles. The average molecular weight is 171 g/mol. The molecule has 0 spiro atoms. The molecule has 0 fully saturated rings. The van der Waals surface area contributed by atoms with E-state index in [0.29, 0.717) is 5.69 Å². The van der Waals surface area contributed by atoms with Gasteiger partial charge in [0, 0.05) is 0 Å². The van der Waals surface area contributed by atoms with Gasteiger partial charge in [0.05, 0.1) is 11.3 Å². The average Bonchev–Trinajstić information content (AvgIpc) is 1.85. The quantitative estimate of drug-likeness (QED) is 0.419. The second kappa shape index (κ2) is 4.31. The van der Waals surface area contributed by atoms with Crippen molar-refractivity contribution in [2.45, 2.75) is 6.92 Å². The standard InChI is InChI=1S/C7H7N3O.Na/c1-4-5(3-8)6(11)2-7(9)10-4;/h2H,1H3,(H3,9,10,11);/q;+1/p-1. The molecule has 1 aromatic rings. The van der Waals surface area contributed by atoms with Gasteiger partial charge in [0.1, 0.15) is 11.9 Å². The van der Waals surface area contributed by atoms with Crippen molar-refractivity contribution < 1.29 is 34.7 Å². The summed E-state index contributed by atoms with van der Waals surface area (Å²) in [6, 6.07) is 2.90. The smallest absolute Gasteiger partial charge is 0.871 e. The van der Waals surface area contributed by atoms with E-state index >= 15 is 0 Å². The molecule has 1 aromatic heterocycles. The van der Waals surface area contributed by atoms with Crippen molar-refractivity contribution in [1.29, 1.82) is 5.26 Å². The van der Waals surface area contributed by atoms with Crippen LogP contribution < -0.4 is 40.4 Å². The van der Waals surface area contributed by atoms with Crippen LogP contribution in [0.2, 0.25) is 0 Å². The van der Waals surface area contributed by atoms with E-state index in [4.69, 9.17) is 11.0 Å². The minimum Gasteiger partial charge on any atom is -0.871 e. The fraction of sp³-hybridized carbons (Fsp3) is 0.143. The van der Waals surface area contributed by atoms with Crippen LogP contribution in [0.25, 0.3) is 0 Å². The molecule has 0 aliphatic heterocycles. The first-order valence-electron chi connectivity index (χ1n) is 2.99. The van der Waals surface area contributed by atoms with E-state index in [1.54, 1.807) is 13.0 Å². The third kappa shape index (κ3) is 2.11. The maximum absolute atomic E-state index is 10.9. The van der Waals surface area contributed by atoms with Crippen LogP contribution in [-0.4, -0.2) is 4.98 Å². The number of anilines is 1. The minimum atomic E-state index is -0.363. The van der Waals surface area contributed by atoms with E-state index in [0.717, 1.165) is 6.07 Å². The van der Waals surface area contributed by atoms with Crippen molar-refractivity contribution in [3.63, 3.8) is 0 Å². The fourth-order valence-electron chi connectivity index (χ4n) is 0.803. The molecule has 0 atom stereocenters. The number of aromatic nitrogens is 1. The number of hydrogen-bond donors (Lipinski definition) is 1. The van der Waals surface area contributed by atoms with E-state index in [-0.39, 0.29) is 46.7 Å². The van der Waals surface area contributed by atoms with E-state index in [1.807, 2.05) is 0 Å². The monoisotopic (exact) mass is 171 g/mol. The molecule has 0 unspecified atom stereocenters. The summed E-state index contributed by atoms with van der Waals surface area (Å²) in [5.41, 5.74) is 5.72. The summed E-state index contributed by atoms with van der Waals surface area (Å²) in [6.45, 7) is 1.58. The van der Waals surface area contributed by atoms with Crippen molar-refractivity contribution >= 4 is 5.82 Å². The normalized spacial score (nSPS) is 8.33. The van der Waals surface area contributed by atoms with Gasteiger partial charge in [0.2, 0.25) is 0 Å². The van der Waals surface area contributed by atoms with E-state index in [2.05, 4.69) is 4.98 Å². The van der Waals surface area contributed by atoms with Crippen LogP contribution in [0.4, 0.5) is 5.82 Å². The Morgan fingerprint density at radius 2 is 2.25 bits per heavy atom. The summed E-state index contributed by atoms with van der Waals surface area (Å²) in [6.07, 6.45) is 0. The van der Waals surface area contributed by atoms with Crippen LogP contribution in [0.3, 0.4) is 0 Å². The van der Waals surface area contributed by atoms with Crippen molar-refractivity contribution in [1.82, 2.24) is 4.98 Å². The van der Waals surface area contributed by atoms with Gasteiger partial charge in [-0.3, -0.25) is 0 Å². The first kappa shape index (κ1) is 11.2. The Balaban J connectivity index is 0.00000121. The Bertz CT molecular complexity index is 309. The molecule has 0 aromatic carbocycles. The zero-order valence-electron chi connectivity index (χ0n) is 6.96. The van der Waals surface area contributed by atoms with Gasteiger partial charge < -0.3 is 10.8 Å². The molecule has 0 radical (unpaired) electrons. The first-order valence-corrected chi connectivity index (χ1v) is 2.99. The van der Waals surface area contributed by atoms with Crippen molar-refractivity contribution in [3.8, 4) is 11.8 Å². The van der Waals surface area contributed by atoms with E-state index in [9.17, 15) is 5.11 Å². The molecule has 1 heterocycles. The second-order valence-electron chi connectivity index (χ2n) is 2.12. The second-order valence-corrected chi connectivity index (χ2v) is 2.12. The molecule has 1 rings (SSSR count). The number of rotatable bonds is 0. The third-order valence-corrected chi connectivity index (χ3v) is 1.30. The van der Waals surface area contributed by atoms with Crippen LogP contribution in [0, 0.1) is 18.3 Å². The Morgan fingerprint density at radius 1 is 1.67 bits per heavy atom. The van der Waals surface area contributed by atoms with Crippen molar-refractivity contribution in [2.24, 2.45) is 0 Å². The molecule has 12 heavy (non-hydrogen) atoms. The van der Waals surface area contributed by atoms with Crippen LogP contribution in [-0.2, 0) is 0 Å². The van der Waals surface area contributed by atoms with Crippen LogP contribution >= 0.6 is 0 Å². The zero-order chi connectivity index (χ0) is 8.43. The molecule has 2 N–H and O–H groups in total. The number of hydrogen-bond acceptors (Lipinski definition) is 4. The SMILES string of the molecule is Cc1nc(N)cc([O-])c1C#N.[Na+]. The van der Waals surface area contributed by atoms with E-state index < -0.39 is 0 Å². The predicted molar refractivity (Wildman–Crippen MR) is 37.5 cm³/mol. The first-order chi connectivity index (χ1) is 5.15. The van der Waals surface area contributed by atoms with Gasteiger partial charge in [-0.15, -0.1) is 0 Å². The number of nitrogens with zero attached hydrogens (tertiary/aromatic N) is 2. The Labute approximate surface area is 92.3 Å². The minimum absolute atomic E-state index is 0. The fourth-order valence-corrected chi connectivity index (χ4v) is 0.803. The van der Waals surface area contributed by atoms with Gasteiger partial charge in [-0.2, -0.15) is 5.26 Å². The van der Waals surface area contributed by atoms with Crippen molar-refractivity contribution in [3.05, 3.63) is 17.3 Å². The molecular formula is C7H6N3NaO. The van der Waals surface area contributed by atoms with Gasteiger partial charge >= 0.3 is 29.6 Å². The summed E-state index contributed by atoms with van der Waals surface area (Å²) in [5.74, 6) is -0.205. The molecule has 0 bridgehead atoms. The summed E-state index contributed by atoms with van der Waals surface area (Å²) < 4.78 is 0. The summed E-state index contributed by atoms with van der Waals surface area (Å²) in [4.78, 5) is 3.76. The number of nitrogen functional groups attached to an aromatic ring is 1. The zero-order valence-corrected chi connectivity index (χ0v) is 8.96. The number of nitrogens with two attached hydrogens (primary N) is 1. The largest absolute Gasteiger partial charge is 1.00 e. The van der Waals surface area contributed by atoms with Gasteiger partial charge in [-0.05, 0) is 13.0 Å². The summed E-state index contributed by atoms with van der Waals surface area (Å²) >= 11 is 0. The Kier molecular flexibility index (Phi) is 4.04. The molecular weight excluding hydrogens is 165 g/mol. The Morgan fingerprint density at radius 3 is 2.67 bits per heavy atom. The predicted octanol–water partition coefficient (Wildman–Crippen LogP) is -3.08. The number of nitriles is 1. The van der Waals surface area contributed by atoms with Gasteiger partial charge in [0.25, 0.3) is 0 Å². The van der Waals surface area contributed by atoms with E-state index in [1.165, 1.54) is 0 Å². The molecule has 0 aliphatic rings. The molecule has 5 heteroatoms. The molecule has 0 saturated carbocycles. The van der Waals surface area contributed by atoms with Crippen LogP contribution in [0.5, 0.6) is 5.75 Å². The number of aryl methyl sites for hydroxylation is 1. The summed E-state index contributed by atoms with van der Waals surface area (Å²) in [7, 11) is 0. The third-order valence-electron chi connectivity index (χ3n) is 1.30. The topological polar surface area (TPSA) is 85.8 Å². The van der Waals surface area contributed by atoms with Crippen LogP contribution in [0.15, 0.2) is 6.07 Å². The maximum Gasteiger partial charge on any atom is 1.00 e. The van der Waals surface area contributed by atoms with Crippen molar-refractivity contribution in [2.75, 3.05) is 5.73 Å².